The summed E-state index contributed by atoms with van der Waals surface area (Å²) >= 11 is 0. The lowest BCUT2D eigenvalue weighted by atomic mass is 10.0. The van der Waals surface area contributed by atoms with Crippen molar-refractivity contribution in [2.75, 3.05) is 0 Å². The molecule has 0 fully saturated rings. The van der Waals surface area contributed by atoms with E-state index >= 15 is 0 Å². The monoisotopic (exact) mass is 310 g/mol. The Balaban J connectivity index is 0.000000238. The Bertz CT molecular complexity index is 694. The van der Waals surface area contributed by atoms with Gasteiger partial charge in [0.25, 0.3) is 0 Å². The third kappa shape index (κ3) is 5.65. The van der Waals surface area contributed by atoms with Crippen molar-refractivity contribution in [2.24, 2.45) is 0 Å². The first-order valence-corrected chi connectivity index (χ1v) is 6.91. The molecule has 0 radical (unpaired) electrons. The molecule has 0 saturated heterocycles. The van der Waals surface area contributed by atoms with Gasteiger partial charge in [-0.05, 0) is 42.7 Å². The average Bonchev–Trinajstić information content (AvgIpc) is 2.54. The molecule has 0 amide bonds. The summed E-state index contributed by atoms with van der Waals surface area (Å²) in [5.74, 6) is -2.22. The third-order valence-electron chi connectivity index (χ3n) is 3.12. The maximum atomic E-state index is 10.6. The van der Waals surface area contributed by atoms with Crippen LogP contribution in [0.2, 0.25) is 0 Å². The molecule has 0 unspecified atom stereocenters. The Morgan fingerprint density at radius 3 is 1.96 bits per heavy atom. The highest BCUT2D eigenvalue weighted by Gasteiger charge is 2.13. The van der Waals surface area contributed by atoms with Crippen molar-refractivity contribution in [1.29, 1.82) is 0 Å². The van der Waals surface area contributed by atoms with Crippen LogP contribution in [0.4, 0.5) is 0 Å². The molecule has 4 nitrogen and oxygen atoms in total. The summed E-state index contributed by atoms with van der Waals surface area (Å²) in [6.07, 6.45) is 2.86. The number of hydrogen-bond donors (Lipinski definition) is 2. The second kappa shape index (κ2) is 9.03. The van der Waals surface area contributed by atoms with E-state index in [0.717, 1.165) is 6.42 Å². The molecule has 0 aromatic heterocycles. The largest absolute Gasteiger partial charge is 0.478 e. The van der Waals surface area contributed by atoms with Gasteiger partial charge in [-0.2, -0.15) is 0 Å². The standard InChI is InChI=1S/C10H10.C9H8O4/c1-2-3-7-10-8-5-4-6-9-10;1-5-6(8(10)11)3-2-4-7(5)9(12)13/h3-6,8-9H,1,7H2;2-4H,1H3,(H,10,11)(H,12,13). The molecule has 0 bridgehead atoms. The van der Waals surface area contributed by atoms with Gasteiger partial charge in [0.2, 0.25) is 0 Å². The lowest BCUT2D eigenvalue weighted by Crippen LogP contribution is -2.06. The molecular weight excluding hydrogens is 292 g/mol. The van der Waals surface area contributed by atoms with E-state index in [2.05, 4.69) is 24.4 Å². The maximum Gasteiger partial charge on any atom is 0.335 e. The summed E-state index contributed by atoms with van der Waals surface area (Å²) < 4.78 is 0. The molecule has 2 aromatic rings. The van der Waals surface area contributed by atoms with E-state index in [0.29, 0.717) is 0 Å². The predicted octanol–water partition coefficient (Wildman–Crippen LogP) is 3.96. The summed E-state index contributed by atoms with van der Waals surface area (Å²) in [5, 5.41) is 17.4. The van der Waals surface area contributed by atoms with Gasteiger partial charge in [0.1, 0.15) is 0 Å². The third-order valence-corrected chi connectivity index (χ3v) is 3.12. The zero-order chi connectivity index (χ0) is 17.2. The zero-order valence-corrected chi connectivity index (χ0v) is 12.8. The number of rotatable bonds is 4. The molecule has 0 atom stereocenters. The fraction of sp³-hybridized carbons (Fsp3) is 0.105. The van der Waals surface area contributed by atoms with Crippen LogP contribution in [0.25, 0.3) is 0 Å². The molecule has 23 heavy (non-hydrogen) atoms. The van der Waals surface area contributed by atoms with Crippen LogP contribution in [0.15, 0.2) is 66.9 Å². The van der Waals surface area contributed by atoms with Gasteiger partial charge in [-0.1, -0.05) is 43.0 Å². The number of aromatic carboxylic acids is 2. The van der Waals surface area contributed by atoms with Crippen molar-refractivity contribution in [3.63, 3.8) is 0 Å². The SMILES string of the molecule is C=C=CCc1ccccc1.Cc1c(C(=O)O)cccc1C(=O)O. The van der Waals surface area contributed by atoms with Crippen LogP contribution < -0.4 is 0 Å². The number of carboxylic acids is 2. The van der Waals surface area contributed by atoms with Gasteiger partial charge in [0.15, 0.2) is 0 Å². The molecule has 0 saturated carbocycles. The lowest BCUT2D eigenvalue weighted by Gasteiger charge is -2.03. The Labute approximate surface area is 135 Å². The Morgan fingerprint density at radius 1 is 1.00 bits per heavy atom. The van der Waals surface area contributed by atoms with Gasteiger partial charge in [-0.25, -0.2) is 9.59 Å². The van der Waals surface area contributed by atoms with Crippen LogP contribution in [0.1, 0.15) is 31.8 Å². The summed E-state index contributed by atoms with van der Waals surface area (Å²) in [6, 6.07) is 14.4. The molecule has 2 N–H and O–H groups in total. The molecule has 0 aliphatic carbocycles. The van der Waals surface area contributed by atoms with E-state index < -0.39 is 11.9 Å². The van der Waals surface area contributed by atoms with E-state index in [4.69, 9.17) is 10.2 Å². The van der Waals surface area contributed by atoms with Crippen molar-refractivity contribution in [3.8, 4) is 0 Å². The molecule has 4 heteroatoms. The van der Waals surface area contributed by atoms with Crippen LogP contribution >= 0.6 is 0 Å². The van der Waals surface area contributed by atoms with Crippen molar-refractivity contribution in [1.82, 2.24) is 0 Å². The molecule has 0 aliphatic rings. The Morgan fingerprint density at radius 2 is 1.52 bits per heavy atom. The molecule has 0 spiro atoms. The first-order valence-electron chi connectivity index (χ1n) is 6.91. The minimum atomic E-state index is -1.11. The van der Waals surface area contributed by atoms with Gasteiger partial charge in [-0.15, -0.1) is 5.73 Å². The van der Waals surface area contributed by atoms with Crippen molar-refractivity contribution < 1.29 is 19.8 Å². The average molecular weight is 310 g/mol. The number of hydrogen-bond acceptors (Lipinski definition) is 2. The van der Waals surface area contributed by atoms with Gasteiger partial charge in [-0.3, -0.25) is 0 Å². The normalized spacial score (nSPS) is 9.09. The predicted molar refractivity (Wildman–Crippen MR) is 89.0 cm³/mol. The highest BCUT2D eigenvalue weighted by Crippen LogP contribution is 2.13. The Kier molecular flexibility index (Phi) is 7.05. The highest BCUT2D eigenvalue weighted by molar-refractivity contribution is 5.96. The van der Waals surface area contributed by atoms with Crippen LogP contribution in [-0.2, 0) is 6.42 Å². The smallest absolute Gasteiger partial charge is 0.335 e. The first-order chi connectivity index (χ1) is 11.0. The molecule has 118 valence electrons. The fourth-order valence-corrected chi connectivity index (χ4v) is 1.90. The zero-order valence-electron chi connectivity index (χ0n) is 12.8. The highest BCUT2D eigenvalue weighted by atomic mass is 16.4. The summed E-state index contributed by atoms with van der Waals surface area (Å²) in [4.78, 5) is 21.2. The number of allylic oxidation sites excluding steroid dienone is 1. The molecule has 0 aliphatic heterocycles. The summed E-state index contributed by atoms with van der Waals surface area (Å²) in [6.45, 7) is 4.97. The van der Waals surface area contributed by atoms with Crippen LogP contribution in [0, 0.1) is 6.92 Å². The van der Waals surface area contributed by atoms with E-state index in [1.165, 1.54) is 30.7 Å². The van der Waals surface area contributed by atoms with E-state index in [-0.39, 0.29) is 16.7 Å². The summed E-state index contributed by atoms with van der Waals surface area (Å²) in [5.41, 5.74) is 4.38. The molecular formula is C19H18O4. The first kappa shape index (κ1) is 18.0. The number of benzene rings is 2. The number of carboxylic acid groups (broad SMARTS) is 2. The van der Waals surface area contributed by atoms with E-state index in [1.807, 2.05) is 24.3 Å². The minimum Gasteiger partial charge on any atom is -0.478 e. The molecule has 0 heterocycles. The van der Waals surface area contributed by atoms with Crippen LogP contribution in [0.3, 0.4) is 0 Å². The Hall–Kier alpha value is -3.10. The maximum absolute atomic E-state index is 10.6. The van der Waals surface area contributed by atoms with Gasteiger partial charge >= 0.3 is 11.9 Å². The number of carbonyl (C=O) groups is 2. The van der Waals surface area contributed by atoms with Crippen molar-refractivity contribution >= 4 is 11.9 Å². The topological polar surface area (TPSA) is 74.6 Å². The van der Waals surface area contributed by atoms with Gasteiger partial charge in [0.05, 0.1) is 11.1 Å². The van der Waals surface area contributed by atoms with E-state index in [1.54, 1.807) is 0 Å². The van der Waals surface area contributed by atoms with Gasteiger partial charge in [0, 0.05) is 0 Å². The molecule has 2 aromatic carbocycles. The second-order valence-electron chi connectivity index (χ2n) is 4.69. The lowest BCUT2D eigenvalue weighted by molar-refractivity contribution is 0.0696. The fourth-order valence-electron chi connectivity index (χ4n) is 1.90. The summed E-state index contributed by atoms with van der Waals surface area (Å²) in [7, 11) is 0. The second-order valence-corrected chi connectivity index (χ2v) is 4.69. The van der Waals surface area contributed by atoms with Crippen LogP contribution in [0.5, 0.6) is 0 Å². The van der Waals surface area contributed by atoms with Gasteiger partial charge < -0.3 is 10.2 Å². The quantitative estimate of drug-likeness (QED) is 0.838. The minimum absolute atomic E-state index is 0.0277. The van der Waals surface area contributed by atoms with Crippen molar-refractivity contribution in [2.45, 2.75) is 13.3 Å². The van der Waals surface area contributed by atoms with Crippen molar-refractivity contribution in [3.05, 3.63) is 89.2 Å². The van der Waals surface area contributed by atoms with E-state index in [9.17, 15) is 9.59 Å². The molecule has 2 rings (SSSR count). The van der Waals surface area contributed by atoms with Crippen LogP contribution in [-0.4, -0.2) is 22.2 Å².